The second-order valence-electron chi connectivity index (χ2n) is 5.46. The third-order valence-corrected chi connectivity index (χ3v) is 4.38. The monoisotopic (exact) mass is 281 g/mol. The number of nitrogens with zero attached hydrogens (tertiary/aromatic N) is 1. The Hall–Kier alpha value is -0.540. The van der Waals surface area contributed by atoms with Gasteiger partial charge in [0.1, 0.15) is 0 Å². The summed E-state index contributed by atoms with van der Waals surface area (Å²) in [5.41, 5.74) is 0.108. The molecule has 108 valence electrons. The second kappa shape index (κ2) is 9.38. The summed E-state index contributed by atoms with van der Waals surface area (Å²) >= 11 is 1.97. The number of hydrogen-bond donors (Lipinski definition) is 1. The smallest absolute Gasteiger partial charge is 0.0475 e. The number of allylic oxidation sites excluding steroid dienone is 4. The molecular formula is C16H27NOS. The number of aliphatic hydroxyl groups is 1. The van der Waals surface area contributed by atoms with E-state index in [0.717, 1.165) is 37.2 Å². The number of rotatable bonds is 9. The zero-order chi connectivity index (χ0) is 14.0. The lowest BCUT2D eigenvalue weighted by Gasteiger charge is -2.21. The van der Waals surface area contributed by atoms with Crippen LogP contribution in [0.3, 0.4) is 0 Å². The molecule has 1 aliphatic rings. The Bertz CT molecular complexity index is 325. The molecule has 0 bridgehead atoms. The minimum atomic E-state index is 0.108. The Kier molecular flexibility index (Phi) is 8.15. The van der Waals surface area contributed by atoms with Crippen molar-refractivity contribution >= 4 is 18.0 Å². The van der Waals surface area contributed by atoms with Crippen LogP contribution in [0.1, 0.15) is 39.5 Å². The lowest BCUT2D eigenvalue weighted by Crippen LogP contribution is -2.17. The van der Waals surface area contributed by atoms with Gasteiger partial charge in [-0.2, -0.15) is 11.8 Å². The lowest BCUT2D eigenvalue weighted by atomic mass is 9.85. The van der Waals surface area contributed by atoms with E-state index in [0.29, 0.717) is 12.6 Å². The third kappa shape index (κ3) is 7.58. The summed E-state index contributed by atoms with van der Waals surface area (Å²) in [7, 11) is 0. The number of hydrogen-bond acceptors (Lipinski definition) is 3. The van der Waals surface area contributed by atoms with E-state index < -0.39 is 0 Å². The fourth-order valence-electron chi connectivity index (χ4n) is 1.88. The van der Waals surface area contributed by atoms with Crippen molar-refractivity contribution in [1.82, 2.24) is 0 Å². The second-order valence-corrected chi connectivity index (χ2v) is 6.68. The maximum atomic E-state index is 8.69. The summed E-state index contributed by atoms with van der Waals surface area (Å²) in [5, 5.41) is 8.69. The quantitative estimate of drug-likeness (QED) is 0.514. The summed E-state index contributed by atoms with van der Waals surface area (Å²) in [6.45, 7) is 4.74. The predicted octanol–water partition coefficient (Wildman–Crippen LogP) is 3.86. The van der Waals surface area contributed by atoms with Crippen molar-refractivity contribution < 1.29 is 5.11 Å². The number of unbranched alkanes of at least 4 members (excludes halogenated alkanes) is 1. The van der Waals surface area contributed by atoms with Gasteiger partial charge < -0.3 is 5.11 Å². The summed E-state index contributed by atoms with van der Waals surface area (Å²) in [4.78, 5) is 4.69. The van der Waals surface area contributed by atoms with Gasteiger partial charge in [0.15, 0.2) is 0 Å². The van der Waals surface area contributed by atoms with Crippen LogP contribution in [0.4, 0.5) is 0 Å². The first-order valence-electron chi connectivity index (χ1n) is 7.23. The molecule has 0 aromatic rings. The van der Waals surface area contributed by atoms with Crippen molar-refractivity contribution in [1.29, 1.82) is 0 Å². The molecule has 0 radical (unpaired) electrons. The Morgan fingerprint density at radius 2 is 2.21 bits per heavy atom. The normalized spacial score (nSPS) is 24.2. The van der Waals surface area contributed by atoms with Gasteiger partial charge in [-0.15, -0.1) is 0 Å². The third-order valence-electron chi connectivity index (χ3n) is 3.28. The van der Waals surface area contributed by atoms with Crippen molar-refractivity contribution in [3.05, 3.63) is 24.3 Å². The highest BCUT2D eigenvalue weighted by Crippen LogP contribution is 2.25. The predicted molar refractivity (Wildman–Crippen MR) is 87.2 cm³/mol. The number of aliphatic imine (C=N–C) groups is 1. The molecule has 0 saturated carbocycles. The summed E-state index contributed by atoms with van der Waals surface area (Å²) in [5.74, 6) is 2.32. The highest BCUT2D eigenvalue weighted by Gasteiger charge is 2.18. The molecule has 0 aliphatic heterocycles. The minimum absolute atomic E-state index is 0.108. The minimum Gasteiger partial charge on any atom is -0.396 e. The van der Waals surface area contributed by atoms with Gasteiger partial charge in [-0.05, 0) is 44.1 Å². The van der Waals surface area contributed by atoms with E-state index in [9.17, 15) is 0 Å². The average Bonchev–Trinajstić information content (AvgIpc) is 2.41. The van der Waals surface area contributed by atoms with E-state index >= 15 is 0 Å². The van der Waals surface area contributed by atoms with Crippen molar-refractivity contribution in [3.63, 3.8) is 0 Å². The van der Waals surface area contributed by atoms with E-state index in [2.05, 4.69) is 44.4 Å². The molecule has 0 heterocycles. The summed E-state index contributed by atoms with van der Waals surface area (Å²) in [6, 6.07) is 0.404. The first kappa shape index (κ1) is 16.5. The molecular weight excluding hydrogens is 254 g/mol. The fourth-order valence-corrected chi connectivity index (χ4v) is 3.00. The van der Waals surface area contributed by atoms with Crippen LogP contribution < -0.4 is 0 Å². The molecule has 19 heavy (non-hydrogen) atoms. The van der Waals surface area contributed by atoms with E-state index in [1.54, 1.807) is 0 Å². The van der Waals surface area contributed by atoms with E-state index in [1.165, 1.54) is 0 Å². The van der Waals surface area contributed by atoms with Crippen LogP contribution in [0.15, 0.2) is 29.3 Å². The molecule has 0 amide bonds. The Labute approximate surface area is 122 Å². The van der Waals surface area contributed by atoms with Crippen LogP contribution in [0.25, 0.3) is 0 Å². The molecule has 1 aliphatic carbocycles. The molecule has 0 fully saturated rings. The van der Waals surface area contributed by atoms with Crippen molar-refractivity contribution in [2.24, 2.45) is 10.4 Å². The molecule has 0 aromatic heterocycles. The lowest BCUT2D eigenvalue weighted by molar-refractivity contribution is 0.287. The largest absolute Gasteiger partial charge is 0.396 e. The molecule has 0 saturated heterocycles. The van der Waals surface area contributed by atoms with Crippen molar-refractivity contribution in [2.45, 2.75) is 45.6 Å². The zero-order valence-electron chi connectivity index (χ0n) is 12.2. The maximum absolute atomic E-state index is 8.69. The van der Waals surface area contributed by atoms with Gasteiger partial charge in [0.05, 0.1) is 0 Å². The topological polar surface area (TPSA) is 32.6 Å². The van der Waals surface area contributed by atoms with Crippen LogP contribution in [-0.4, -0.2) is 35.5 Å². The van der Waals surface area contributed by atoms with Gasteiger partial charge in [0, 0.05) is 24.3 Å². The molecule has 0 spiro atoms. The van der Waals surface area contributed by atoms with Crippen LogP contribution >= 0.6 is 11.8 Å². The molecule has 1 N–H and O–H groups in total. The summed E-state index contributed by atoms with van der Waals surface area (Å²) < 4.78 is 0. The van der Waals surface area contributed by atoms with E-state index in [-0.39, 0.29) is 5.41 Å². The van der Waals surface area contributed by atoms with Crippen LogP contribution in [-0.2, 0) is 0 Å². The first-order chi connectivity index (χ1) is 9.16. The SMILES string of the molecule is CC(CCSCCCCO)N=CC1(C)C=CC=CC1. The maximum Gasteiger partial charge on any atom is 0.0475 e. The zero-order valence-corrected chi connectivity index (χ0v) is 13.0. The Morgan fingerprint density at radius 1 is 1.37 bits per heavy atom. The molecule has 2 atom stereocenters. The van der Waals surface area contributed by atoms with E-state index in [1.807, 2.05) is 11.8 Å². The van der Waals surface area contributed by atoms with Gasteiger partial charge in [-0.1, -0.05) is 31.2 Å². The molecule has 2 unspecified atom stereocenters. The highest BCUT2D eigenvalue weighted by molar-refractivity contribution is 7.99. The Morgan fingerprint density at radius 3 is 2.89 bits per heavy atom. The van der Waals surface area contributed by atoms with Gasteiger partial charge in [-0.3, -0.25) is 4.99 Å². The standard InChI is InChI=1S/C16H27NOS/c1-15(8-13-19-12-7-6-11-18)17-14-16(2)9-4-3-5-10-16/h3-5,9,14-15,18H,6-8,10-13H2,1-2H3. The van der Waals surface area contributed by atoms with E-state index in [4.69, 9.17) is 10.1 Å². The van der Waals surface area contributed by atoms with Gasteiger partial charge in [0.25, 0.3) is 0 Å². The average molecular weight is 281 g/mol. The molecule has 2 nitrogen and oxygen atoms in total. The van der Waals surface area contributed by atoms with Crippen molar-refractivity contribution in [3.8, 4) is 0 Å². The number of thioether (sulfide) groups is 1. The fraction of sp³-hybridized carbons (Fsp3) is 0.688. The van der Waals surface area contributed by atoms with Gasteiger partial charge in [-0.25, -0.2) is 0 Å². The Balaban J connectivity index is 2.14. The number of aliphatic hydroxyl groups excluding tert-OH is 1. The van der Waals surface area contributed by atoms with Crippen LogP contribution in [0.2, 0.25) is 0 Å². The first-order valence-corrected chi connectivity index (χ1v) is 8.39. The van der Waals surface area contributed by atoms with Gasteiger partial charge in [0.2, 0.25) is 0 Å². The highest BCUT2D eigenvalue weighted by atomic mass is 32.2. The van der Waals surface area contributed by atoms with Crippen LogP contribution in [0, 0.1) is 5.41 Å². The summed E-state index contributed by atoms with van der Waals surface area (Å²) in [6.07, 6.45) is 15.0. The van der Waals surface area contributed by atoms with Crippen LogP contribution in [0.5, 0.6) is 0 Å². The van der Waals surface area contributed by atoms with Gasteiger partial charge >= 0.3 is 0 Å². The molecule has 1 rings (SSSR count). The molecule has 3 heteroatoms. The van der Waals surface area contributed by atoms with Crippen molar-refractivity contribution in [2.75, 3.05) is 18.1 Å². The molecule has 0 aromatic carbocycles.